The Hall–Kier alpha value is -2.07. The Morgan fingerprint density at radius 3 is 2.86 bits per heavy atom. The van der Waals surface area contributed by atoms with Crippen molar-refractivity contribution in [2.45, 2.75) is 13.5 Å². The SMILES string of the molecule is Cc1cncc(COc2cccc(N3CCNCC3)c2)c1. The molecule has 0 saturated carbocycles. The lowest BCUT2D eigenvalue weighted by molar-refractivity contribution is 0.305. The standard InChI is InChI=1S/C17H21N3O/c1-14-9-15(12-19-11-14)13-21-17-4-2-3-16(10-17)20-7-5-18-6-8-20/h2-4,9-12,18H,5-8,13H2,1H3. The smallest absolute Gasteiger partial charge is 0.121 e. The fourth-order valence-electron chi connectivity index (χ4n) is 2.56. The van der Waals surface area contributed by atoms with Crippen molar-refractivity contribution in [1.29, 1.82) is 0 Å². The fraction of sp³-hybridized carbons (Fsp3) is 0.353. The lowest BCUT2D eigenvalue weighted by atomic mass is 10.2. The van der Waals surface area contributed by atoms with Crippen LogP contribution in [-0.2, 0) is 6.61 Å². The molecule has 0 spiro atoms. The van der Waals surface area contributed by atoms with Crippen LogP contribution in [-0.4, -0.2) is 31.2 Å². The van der Waals surface area contributed by atoms with Gasteiger partial charge in [0.1, 0.15) is 12.4 Å². The van der Waals surface area contributed by atoms with Gasteiger partial charge in [-0.15, -0.1) is 0 Å². The highest BCUT2D eigenvalue weighted by molar-refractivity contribution is 5.51. The first-order valence-electron chi connectivity index (χ1n) is 7.40. The second-order valence-corrected chi connectivity index (χ2v) is 5.39. The zero-order valence-corrected chi connectivity index (χ0v) is 12.4. The molecule has 1 saturated heterocycles. The molecule has 1 aliphatic rings. The van der Waals surface area contributed by atoms with Crippen LogP contribution in [0.1, 0.15) is 11.1 Å². The summed E-state index contributed by atoms with van der Waals surface area (Å²) in [6.07, 6.45) is 3.71. The molecule has 4 heteroatoms. The van der Waals surface area contributed by atoms with Crippen LogP contribution in [0.3, 0.4) is 0 Å². The molecule has 1 N–H and O–H groups in total. The minimum atomic E-state index is 0.555. The summed E-state index contributed by atoms with van der Waals surface area (Å²) in [5, 5.41) is 3.37. The van der Waals surface area contributed by atoms with Gasteiger partial charge in [0.15, 0.2) is 0 Å². The number of nitrogens with zero attached hydrogens (tertiary/aromatic N) is 2. The molecule has 1 aliphatic heterocycles. The monoisotopic (exact) mass is 283 g/mol. The van der Waals surface area contributed by atoms with Gasteiger partial charge in [0.25, 0.3) is 0 Å². The Balaban J connectivity index is 1.65. The Morgan fingerprint density at radius 1 is 1.19 bits per heavy atom. The summed E-state index contributed by atoms with van der Waals surface area (Å²) < 4.78 is 5.90. The Morgan fingerprint density at radius 2 is 2.05 bits per heavy atom. The molecule has 2 heterocycles. The zero-order valence-electron chi connectivity index (χ0n) is 12.4. The van der Waals surface area contributed by atoms with Gasteiger partial charge in [0.05, 0.1) is 0 Å². The number of rotatable bonds is 4. The number of anilines is 1. The number of hydrogen-bond donors (Lipinski definition) is 1. The second kappa shape index (κ2) is 6.59. The second-order valence-electron chi connectivity index (χ2n) is 5.39. The molecule has 1 fully saturated rings. The summed E-state index contributed by atoms with van der Waals surface area (Å²) >= 11 is 0. The molecule has 1 aromatic carbocycles. The molecule has 0 aliphatic carbocycles. The van der Waals surface area contributed by atoms with E-state index in [1.807, 2.05) is 25.4 Å². The van der Waals surface area contributed by atoms with Crippen LogP contribution in [0, 0.1) is 6.92 Å². The van der Waals surface area contributed by atoms with Crippen LogP contribution in [0.5, 0.6) is 5.75 Å². The van der Waals surface area contributed by atoms with Gasteiger partial charge in [-0.1, -0.05) is 6.07 Å². The summed E-state index contributed by atoms with van der Waals surface area (Å²) in [7, 11) is 0. The molecule has 0 radical (unpaired) electrons. The highest BCUT2D eigenvalue weighted by Gasteiger charge is 2.10. The van der Waals surface area contributed by atoms with E-state index in [0.29, 0.717) is 6.61 Å². The van der Waals surface area contributed by atoms with Crippen LogP contribution in [0.2, 0.25) is 0 Å². The average Bonchev–Trinajstić information content (AvgIpc) is 2.54. The van der Waals surface area contributed by atoms with Crippen LogP contribution in [0.15, 0.2) is 42.7 Å². The van der Waals surface area contributed by atoms with Crippen molar-refractivity contribution in [2.24, 2.45) is 0 Å². The van der Waals surface area contributed by atoms with Crippen molar-refractivity contribution in [3.05, 3.63) is 53.9 Å². The molecular weight excluding hydrogens is 262 g/mol. The van der Waals surface area contributed by atoms with Crippen molar-refractivity contribution in [3.63, 3.8) is 0 Å². The van der Waals surface area contributed by atoms with Gasteiger partial charge in [-0.3, -0.25) is 4.98 Å². The summed E-state index contributed by atoms with van der Waals surface area (Å²) in [6.45, 7) is 6.78. The number of aryl methyl sites for hydroxylation is 1. The molecule has 1 aromatic heterocycles. The van der Waals surface area contributed by atoms with Gasteiger partial charge in [-0.05, 0) is 30.7 Å². The highest BCUT2D eigenvalue weighted by Crippen LogP contribution is 2.22. The third kappa shape index (κ3) is 3.73. The Kier molecular flexibility index (Phi) is 4.36. The summed E-state index contributed by atoms with van der Waals surface area (Å²) in [4.78, 5) is 6.58. The number of piperazine rings is 1. The van der Waals surface area contributed by atoms with Crippen molar-refractivity contribution >= 4 is 5.69 Å². The number of hydrogen-bond acceptors (Lipinski definition) is 4. The van der Waals surface area contributed by atoms with Crippen molar-refractivity contribution in [1.82, 2.24) is 10.3 Å². The number of benzene rings is 1. The first-order valence-corrected chi connectivity index (χ1v) is 7.40. The van der Waals surface area contributed by atoms with E-state index in [0.717, 1.165) is 43.1 Å². The van der Waals surface area contributed by atoms with Crippen LogP contribution in [0.4, 0.5) is 5.69 Å². The van der Waals surface area contributed by atoms with E-state index in [4.69, 9.17) is 4.74 Å². The molecule has 21 heavy (non-hydrogen) atoms. The van der Waals surface area contributed by atoms with Crippen molar-refractivity contribution in [3.8, 4) is 5.75 Å². The first kappa shape index (κ1) is 13.9. The fourth-order valence-corrected chi connectivity index (χ4v) is 2.56. The Bertz CT molecular complexity index is 594. The van der Waals surface area contributed by atoms with Crippen LogP contribution < -0.4 is 15.0 Å². The van der Waals surface area contributed by atoms with Gasteiger partial charge in [-0.2, -0.15) is 0 Å². The van der Waals surface area contributed by atoms with Crippen molar-refractivity contribution in [2.75, 3.05) is 31.1 Å². The largest absolute Gasteiger partial charge is 0.489 e. The quantitative estimate of drug-likeness (QED) is 0.935. The third-order valence-electron chi connectivity index (χ3n) is 3.64. The molecule has 4 nitrogen and oxygen atoms in total. The van der Waals surface area contributed by atoms with Crippen LogP contribution in [0.25, 0.3) is 0 Å². The Labute approximate surface area is 125 Å². The van der Waals surface area contributed by atoms with E-state index in [1.54, 1.807) is 0 Å². The number of aromatic nitrogens is 1. The first-order chi connectivity index (χ1) is 10.3. The zero-order chi connectivity index (χ0) is 14.5. The normalized spacial score (nSPS) is 15.0. The summed E-state index contributed by atoms with van der Waals surface area (Å²) in [5.74, 6) is 0.910. The average molecular weight is 283 g/mol. The van der Waals surface area contributed by atoms with Gasteiger partial charge >= 0.3 is 0 Å². The third-order valence-corrected chi connectivity index (χ3v) is 3.64. The lowest BCUT2D eigenvalue weighted by Crippen LogP contribution is -2.43. The number of nitrogens with one attached hydrogen (secondary N) is 1. The number of ether oxygens (including phenoxy) is 1. The molecular formula is C17H21N3O. The molecule has 110 valence electrons. The van der Waals surface area contributed by atoms with E-state index >= 15 is 0 Å². The summed E-state index contributed by atoms with van der Waals surface area (Å²) in [5.41, 5.74) is 3.49. The van der Waals surface area contributed by atoms with E-state index in [1.165, 1.54) is 5.69 Å². The summed E-state index contributed by atoms with van der Waals surface area (Å²) in [6, 6.07) is 10.4. The predicted octanol–water partition coefficient (Wildman–Crippen LogP) is 2.38. The van der Waals surface area contributed by atoms with Gasteiger partial charge < -0.3 is 15.0 Å². The maximum atomic E-state index is 5.90. The van der Waals surface area contributed by atoms with Gasteiger partial charge in [0, 0.05) is 55.9 Å². The topological polar surface area (TPSA) is 37.4 Å². The van der Waals surface area contributed by atoms with Gasteiger partial charge in [-0.25, -0.2) is 0 Å². The molecule has 0 unspecified atom stereocenters. The predicted molar refractivity (Wildman–Crippen MR) is 84.8 cm³/mol. The van der Waals surface area contributed by atoms with E-state index in [-0.39, 0.29) is 0 Å². The van der Waals surface area contributed by atoms with E-state index < -0.39 is 0 Å². The minimum absolute atomic E-state index is 0.555. The highest BCUT2D eigenvalue weighted by atomic mass is 16.5. The minimum Gasteiger partial charge on any atom is -0.489 e. The lowest BCUT2D eigenvalue weighted by Gasteiger charge is -2.29. The molecule has 0 bridgehead atoms. The maximum absolute atomic E-state index is 5.90. The van der Waals surface area contributed by atoms with E-state index in [2.05, 4.69) is 39.5 Å². The van der Waals surface area contributed by atoms with Crippen molar-refractivity contribution < 1.29 is 4.74 Å². The van der Waals surface area contributed by atoms with Gasteiger partial charge in [0.2, 0.25) is 0 Å². The maximum Gasteiger partial charge on any atom is 0.121 e. The molecule has 0 atom stereocenters. The molecule has 2 aromatic rings. The van der Waals surface area contributed by atoms with Crippen LogP contribution >= 0.6 is 0 Å². The van der Waals surface area contributed by atoms with E-state index in [9.17, 15) is 0 Å². The molecule has 0 amide bonds. The number of pyridine rings is 1. The molecule has 3 rings (SSSR count).